The van der Waals surface area contributed by atoms with Crippen molar-refractivity contribution in [2.75, 3.05) is 6.61 Å². The Hall–Kier alpha value is -1.77. The predicted molar refractivity (Wildman–Crippen MR) is 56.9 cm³/mol. The van der Waals surface area contributed by atoms with Crippen molar-refractivity contribution in [1.29, 1.82) is 0 Å². The van der Waals surface area contributed by atoms with Crippen molar-refractivity contribution in [2.24, 2.45) is 0 Å². The van der Waals surface area contributed by atoms with Crippen molar-refractivity contribution < 1.29 is 14.6 Å². The molecule has 1 aromatic carbocycles. The van der Waals surface area contributed by atoms with Gasteiger partial charge in [-0.3, -0.25) is 0 Å². The van der Waals surface area contributed by atoms with Crippen molar-refractivity contribution in [3.63, 3.8) is 0 Å². The van der Waals surface area contributed by atoms with E-state index < -0.39 is 5.97 Å². The molecule has 0 atom stereocenters. The fourth-order valence-corrected chi connectivity index (χ4v) is 1.61. The average molecular weight is 204 g/mol. The summed E-state index contributed by atoms with van der Waals surface area (Å²) in [5, 5.41) is 8.74. The van der Waals surface area contributed by atoms with Crippen LogP contribution in [0, 0.1) is 0 Å². The third-order valence-corrected chi connectivity index (χ3v) is 2.43. The van der Waals surface area contributed by atoms with Crippen LogP contribution in [0.4, 0.5) is 0 Å². The summed E-state index contributed by atoms with van der Waals surface area (Å²) in [6, 6.07) is 5.74. The zero-order valence-electron chi connectivity index (χ0n) is 8.49. The van der Waals surface area contributed by atoms with Gasteiger partial charge in [-0.05, 0) is 36.3 Å². The van der Waals surface area contributed by atoms with Crippen LogP contribution in [0.1, 0.15) is 18.1 Å². The highest BCUT2D eigenvalue weighted by atomic mass is 16.5. The Kier molecular flexibility index (Phi) is 2.46. The normalized spacial score (nSPS) is 14.6. The first-order chi connectivity index (χ1) is 7.16. The van der Waals surface area contributed by atoms with Crippen LogP contribution in [0.25, 0.3) is 6.08 Å². The van der Waals surface area contributed by atoms with Gasteiger partial charge in [-0.1, -0.05) is 6.07 Å². The van der Waals surface area contributed by atoms with Crippen LogP contribution >= 0.6 is 0 Å². The minimum atomic E-state index is -0.883. The second-order valence-electron chi connectivity index (χ2n) is 3.60. The average Bonchev–Trinajstić information content (AvgIpc) is 2.64. The summed E-state index contributed by atoms with van der Waals surface area (Å²) < 4.78 is 5.37. The van der Waals surface area contributed by atoms with E-state index in [0.29, 0.717) is 5.57 Å². The van der Waals surface area contributed by atoms with E-state index in [1.165, 1.54) is 0 Å². The Labute approximate surface area is 88.0 Å². The summed E-state index contributed by atoms with van der Waals surface area (Å²) in [5.41, 5.74) is 2.41. The predicted octanol–water partition coefficient (Wildman–Crippen LogP) is 2.11. The maximum absolute atomic E-state index is 10.6. The largest absolute Gasteiger partial charge is 0.493 e. The Morgan fingerprint density at radius 2 is 2.33 bits per heavy atom. The molecular weight excluding hydrogens is 192 g/mol. The molecule has 0 bridgehead atoms. The van der Waals surface area contributed by atoms with Crippen LogP contribution < -0.4 is 4.74 Å². The van der Waals surface area contributed by atoms with Gasteiger partial charge < -0.3 is 9.84 Å². The Bertz CT molecular complexity index is 432. The van der Waals surface area contributed by atoms with Crippen molar-refractivity contribution in [1.82, 2.24) is 0 Å². The van der Waals surface area contributed by atoms with Gasteiger partial charge >= 0.3 is 5.97 Å². The van der Waals surface area contributed by atoms with Gasteiger partial charge in [-0.15, -0.1) is 0 Å². The molecule has 15 heavy (non-hydrogen) atoms. The van der Waals surface area contributed by atoms with E-state index in [1.54, 1.807) is 13.0 Å². The lowest BCUT2D eigenvalue weighted by molar-refractivity contribution is -0.132. The lowest BCUT2D eigenvalue weighted by atomic mass is 10.1. The van der Waals surface area contributed by atoms with E-state index in [1.807, 2.05) is 18.2 Å². The molecule has 0 saturated heterocycles. The zero-order chi connectivity index (χ0) is 10.8. The van der Waals surface area contributed by atoms with Crippen LogP contribution in [0.3, 0.4) is 0 Å². The third kappa shape index (κ3) is 2.01. The molecule has 1 aliphatic heterocycles. The zero-order valence-corrected chi connectivity index (χ0v) is 8.49. The van der Waals surface area contributed by atoms with Crippen LogP contribution in [-0.4, -0.2) is 17.7 Å². The molecular formula is C12H12O3. The molecule has 78 valence electrons. The van der Waals surface area contributed by atoms with E-state index >= 15 is 0 Å². The molecule has 0 fully saturated rings. The van der Waals surface area contributed by atoms with E-state index in [4.69, 9.17) is 9.84 Å². The molecule has 0 unspecified atom stereocenters. The molecule has 0 aromatic heterocycles. The third-order valence-electron chi connectivity index (χ3n) is 2.43. The summed E-state index contributed by atoms with van der Waals surface area (Å²) in [6.45, 7) is 2.31. The molecule has 3 heteroatoms. The number of carbonyl (C=O) groups is 1. The van der Waals surface area contributed by atoms with Crippen LogP contribution in [0.15, 0.2) is 23.8 Å². The van der Waals surface area contributed by atoms with Crippen molar-refractivity contribution in [3.8, 4) is 5.75 Å². The van der Waals surface area contributed by atoms with Crippen molar-refractivity contribution >= 4 is 12.0 Å². The molecule has 0 saturated carbocycles. The van der Waals surface area contributed by atoms with Gasteiger partial charge in [0.1, 0.15) is 5.75 Å². The summed E-state index contributed by atoms with van der Waals surface area (Å²) in [5.74, 6) is 0.0341. The summed E-state index contributed by atoms with van der Waals surface area (Å²) in [6.07, 6.45) is 2.57. The van der Waals surface area contributed by atoms with Gasteiger partial charge in [-0.25, -0.2) is 4.79 Å². The minimum Gasteiger partial charge on any atom is -0.493 e. The lowest BCUT2D eigenvalue weighted by Gasteiger charge is -2.00. The van der Waals surface area contributed by atoms with Crippen molar-refractivity contribution in [2.45, 2.75) is 13.3 Å². The van der Waals surface area contributed by atoms with E-state index in [0.717, 1.165) is 29.9 Å². The van der Waals surface area contributed by atoms with Gasteiger partial charge in [0.2, 0.25) is 0 Å². The van der Waals surface area contributed by atoms with E-state index in [-0.39, 0.29) is 0 Å². The van der Waals surface area contributed by atoms with Gasteiger partial charge in [0, 0.05) is 12.0 Å². The first-order valence-electron chi connectivity index (χ1n) is 4.84. The number of rotatable bonds is 2. The Balaban J connectivity index is 2.31. The minimum absolute atomic E-state index is 0.342. The number of benzene rings is 1. The number of ether oxygens (including phenoxy) is 1. The number of hydrogen-bond donors (Lipinski definition) is 1. The topological polar surface area (TPSA) is 46.5 Å². The highest BCUT2D eigenvalue weighted by Gasteiger charge is 2.11. The molecule has 2 rings (SSSR count). The van der Waals surface area contributed by atoms with Crippen LogP contribution in [-0.2, 0) is 11.2 Å². The number of carboxylic acid groups (broad SMARTS) is 1. The second-order valence-corrected chi connectivity index (χ2v) is 3.60. The van der Waals surface area contributed by atoms with E-state index in [9.17, 15) is 4.79 Å². The SMILES string of the molecule is C/C(=C\c1ccc2c(c1)CCO2)C(=O)O. The smallest absolute Gasteiger partial charge is 0.331 e. The molecule has 3 nitrogen and oxygen atoms in total. The number of aliphatic carboxylic acids is 1. The molecule has 0 aliphatic carbocycles. The van der Waals surface area contributed by atoms with Gasteiger partial charge in [0.05, 0.1) is 6.61 Å². The van der Waals surface area contributed by atoms with Crippen LogP contribution in [0.2, 0.25) is 0 Å². The number of hydrogen-bond acceptors (Lipinski definition) is 2. The lowest BCUT2D eigenvalue weighted by Crippen LogP contribution is -1.95. The Morgan fingerprint density at radius 1 is 1.53 bits per heavy atom. The number of fused-ring (bicyclic) bond motifs is 1. The van der Waals surface area contributed by atoms with Gasteiger partial charge in [0.25, 0.3) is 0 Å². The second kappa shape index (κ2) is 3.77. The fourth-order valence-electron chi connectivity index (χ4n) is 1.61. The first kappa shape index (κ1) is 9.77. The maximum atomic E-state index is 10.6. The summed E-state index contributed by atoms with van der Waals surface area (Å²) >= 11 is 0. The van der Waals surface area contributed by atoms with Crippen molar-refractivity contribution in [3.05, 3.63) is 34.9 Å². The molecule has 1 aliphatic rings. The monoisotopic (exact) mass is 204 g/mol. The van der Waals surface area contributed by atoms with Gasteiger partial charge in [0.15, 0.2) is 0 Å². The summed E-state index contributed by atoms with van der Waals surface area (Å²) in [4.78, 5) is 10.6. The fraction of sp³-hybridized carbons (Fsp3) is 0.250. The first-order valence-corrected chi connectivity index (χ1v) is 4.84. The standard InChI is InChI=1S/C12H12O3/c1-8(12(13)14)6-9-2-3-11-10(7-9)4-5-15-11/h2-3,6-7H,4-5H2,1H3,(H,13,14)/b8-6+. The molecule has 1 aromatic rings. The van der Waals surface area contributed by atoms with Gasteiger partial charge in [-0.2, -0.15) is 0 Å². The number of carboxylic acids is 1. The highest BCUT2D eigenvalue weighted by molar-refractivity contribution is 5.91. The maximum Gasteiger partial charge on any atom is 0.331 e. The highest BCUT2D eigenvalue weighted by Crippen LogP contribution is 2.26. The van der Waals surface area contributed by atoms with Crippen LogP contribution in [0.5, 0.6) is 5.75 Å². The van der Waals surface area contributed by atoms with E-state index in [2.05, 4.69) is 0 Å². The molecule has 0 spiro atoms. The quantitative estimate of drug-likeness (QED) is 0.750. The molecule has 0 amide bonds. The molecule has 0 radical (unpaired) electrons. The summed E-state index contributed by atoms with van der Waals surface area (Å²) in [7, 11) is 0. The molecule has 1 N–H and O–H groups in total. The molecule has 1 heterocycles. The Morgan fingerprint density at radius 3 is 3.07 bits per heavy atom.